The van der Waals surface area contributed by atoms with E-state index in [9.17, 15) is 18.8 Å². The lowest BCUT2D eigenvalue weighted by Gasteiger charge is -2.36. The number of nitrogens with zero attached hydrogens (tertiary/aromatic N) is 2. The van der Waals surface area contributed by atoms with Gasteiger partial charge in [-0.1, -0.05) is 6.07 Å². The van der Waals surface area contributed by atoms with Gasteiger partial charge in [-0.25, -0.2) is 9.18 Å². The maximum atomic E-state index is 14.3. The molecular weight excluding hydrogens is 317 g/mol. The summed E-state index contributed by atoms with van der Waals surface area (Å²) in [7, 11) is 0. The topological polar surface area (TPSA) is 79.0 Å². The van der Waals surface area contributed by atoms with Crippen molar-refractivity contribution in [1.29, 1.82) is 0 Å². The molecule has 0 aromatic heterocycles. The second-order valence-corrected chi connectivity index (χ2v) is 6.02. The molecule has 1 aromatic rings. The number of rotatable bonds is 5. The summed E-state index contributed by atoms with van der Waals surface area (Å²) in [6.07, 6.45) is -0.275. The van der Waals surface area contributed by atoms with Crippen molar-refractivity contribution in [3.8, 4) is 0 Å². The molecule has 2 fully saturated rings. The van der Waals surface area contributed by atoms with Crippen LogP contribution in [0.25, 0.3) is 0 Å². The Kier molecular flexibility index (Phi) is 4.37. The van der Waals surface area contributed by atoms with Gasteiger partial charge in [0.1, 0.15) is 11.9 Å². The number of cyclic esters (lactones) is 1. The maximum Gasteiger partial charge on any atom is 0.414 e. The fourth-order valence-electron chi connectivity index (χ4n) is 2.91. The van der Waals surface area contributed by atoms with Crippen molar-refractivity contribution in [1.82, 2.24) is 10.2 Å². The molecule has 7 nitrogen and oxygen atoms in total. The number of carbonyl (C=O) groups excluding carboxylic acids is 3. The van der Waals surface area contributed by atoms with Crippen LogP contribution in [0.15, 0.2) is 18.2 Å². The molecule has 3 amide bonds. The molecule has 8 heteroatoms. The number of amides is 3. The fraction of sp³-hybridized carbons (Fsp3) is 0.438. The van der Waals surface area contributed by atoms with Gasteiger partial charge in [0.15, 0.2) is 0 Å². The van der Waals surface area contributed by atoms with E-state index in [1.165, 1.54) is 17.9 Å². The summed E-state index contributed by atoms with van der Waals surface area (Å²) in [4.78, 5) is 36.4. The molecule has 0 aliphatic carbocycles. The summed E-state index contributed by atoms with van der Waals surface area (Å²) in [5.74, 6) is -0.617. The molecule has 3 rings (SSSR count). The Morgan fingerprint density at radius 1 is 1.42 bits per heavy atom. The number of nitrogens with one attached hydrogen (secondary N) is 1. The second-order valence-electron chi connectivity index (χ2n) is 6.02. The molecule has 0 bridgehead atoms. The monoisotopic (exact) mass is 335 g/mol. The van der Waals surface area contributed by atoms with Crippen LogP contribution >= 0.6 is 0 Å². The average molecular weight is 335 g/mol. The summed E-state index contributed by atoms with van der Waals surface area (Å²) in [5, 5.41) is 2.59. The van der Waals surface area contributed by atoms with Gasteiger partial charge in [0.05, 0.1) is 18.8 Å². The van der Waals surface area contributed by atoms with Gasteiger partial charge in [-0.15, -0.1) is 0 Å². The van der Waals surface area contributed by atoms with Gasteiger partial charge in [0, 0.05) is 25.9 Å². The Morgan fingerprint density at radius 2 is 2.17 bits per heavy atom. The fourth-order valence-corrected chi connectivity index (χ4v) is 2.91. The molecule has 1 unspecified atom stereocenters. The Labute approximate surface area is 138 Å². The predicted molar refractivity (Wildman–Crippen MR) is 83.1 cm³/mol. The van der Waals surface area contributed by atoms with E-state index in [2.05, 4.69) is 5.32 Å². The molecule has 0 radical (unpaired) electrons. The molecule has 2 aliphatic rings. The van der Waals surface area contributed by atoms with Crippen molar-refractivity contribution in [2.75, 3.05) is 31.1 Å². The first-order valence-corrected chi connectivity index (χ1v) is 7.69. The Morgan fingerprint density at radius 3 is 2.79 bits per heavy atom. The lowest BCUT2D eigenvalue weighted by atomic mass is 9.91. The molecule has 1 atom stereocenters. The minimum Gasteiger partial charge on any atom is -0.442 e. The summed E-state index contributed by atoms with van der Waals surface area (Å²) in [6.45, 7) is 2.87. The van der Waals surface area contributed by atoms with Crippen LogP contribution in [0.4, 0.5) is 14.9 Å². The maximum absolute atomic E-state index is 14.3. The minimum absolute atomic E-state index is 0.0118. The summed E-state index contributed by atoms with van der Waals surface area (Å²) in [6, 6.07) is 4.62. The predicted octanol–water partition coefficient (Wildman–Crippen LogP) is 0.843. The van der Waals surface area contributed by atoms with E-state index in [4.69, 9.17) is 4.74 Å². The van der Waals surface area contributed by atoms with E-state index in [-0.39, 0.29) is 24.9 Å². The van der Waals surface area contributed by atoms with Crippen molar-refractivity contribution in [2.24, 2.45) is 0 Å². The zero-order valence-electron chi connectivity index (χ0n) is 13.2. The molecule has 2 heterocycles. The van der Waals surface area contributed by atoms with Crippen molar-refractivity contribution < 1.29 is 23.5 Å². The zero-order valence-corrected chi connectivity index (χ0v) is 13.2. The Hall–Kier alpha value is -2.64. The molecule has 0 saturated carbocycles. The standard InChI is InChI=1S/C16H18FN3O4/c1-10(22)18-5-13-8-20(16(23)24-13)12-2-3-14(15(17)4-12)11-6-19(7-11)9-21/h2-4,9,11,13H,5-8H2,1H3,(H,18,22). The first-order valence-electron chi connectivity index (χ1n) is 7.69. The molecule has 1 aromatic carbocycles. The zero-order chi connectivity index (χ0) is 17.3. The normalized spacial score (nSPS) is 20.6. The van der Waals surface area contributed by atoms with Crippen LogP contribution in [-0.4, -0.2) is 55.6 Å². The third kappa shape index (κ3) is 3.17. The molecule has 2 aliphatic heterocycles. The number of likely N-dealkylation sites (tertiary alicyclic amines) is 1. The van der Waals surface area contributed by atoms with E-state index >= 15 is 0 Å². The highest BCUT2D eigenvalue weighted by molar-refractivity contribution is 5.89. The first-order chi connectivity index (χ1) is 11.5. The van der Waals surface area contributed by atoms with Gasteiger partial charge < -0.3 is 15.0 Å². The summed E-state index contributed by atoms with van der Waals surface area (Å²) in [5.41, 5.74) is 0.956. The van der Waals surface area contributed by atoms with Crippen molar-refractivity contribution in [3.63, 3.8) is 0 Å². The van der Waals surface area contributed by atoms with Crippen LogP contribution in [-0.2, 0) is 14.3 Å². The lowest BCUT2D eigenvalue weighted by Crippen LogP contribution is -2.44. The van der Waals surface area contributed by atoms with Crippen LogP contribution < -0.4 is 10.2 Å². The van der Waals surface area contributed by atoms with Gasteiger partial charge >= 0.3 is 6.09 Å². The van der Waals surface area contributed by atoms with E-state index in [1.807, 2.05) is 0 Å². The Bertz CT molecular complexity index is 675. The van der Waals surface area contributed by atoms with Gasteiger partial charge in [-0.2, -0.15) is 0 Å². The number of benzene rings is 1. The molecule has 2 saturated heterocycles. The van der Waals surface area contributed by atoms with Gasteiger partial charge in [0.2, 0.25) is 12.3 Å². The van der Waals surface area contributed by atoms with Gasteiger partial charge in [0.25, 0.3) is 0 Å². The molecular formula is C16H18FN3O4. The number of ether oxygens (including phenoxy) is 1. The number of anilines is 1. The lowest BCUT2D eigenvalue weighted by molar-refractivity contribution is -0.122. The number of carbonyl (C=O) groups is 3. The highest BCUT2D eigenvalue weighted by atomic mass is 19.1. The van der Waals surface area contributed by atoms with Gasteiger partial charge in [-0.3, -0.25) is 14.5 Å². The van der Waals surface area contributed by atoms with Crippen LogP contribution in [0.5, 0.6) is 0 Å². The third-order valence-electron chi connectivity index (χ3n) is 4.25. The number of hydrogen-bond donors (Lipinski definition) is 1. The molecule has 24 heavy (non-hydrogen) atoms. The number of halogens is 1. The van der Waals surface area contributed by atoms with Crippen molar-refractivity contribution >= 4 is 24.1 Å². The van der Waals surface area contributed by atoms with Crippen LogP contribution in [0.3, 0.4) is 0 Å². The van der Waals surface area contributed by atoms with Crippen LogP contribution in [0.2, 0.25) is 0 Å². The van der Waals surface area contributed by atoms with E-state index in [1.54, 1.807) is 17.0 Å². The summed E-state index contributed by atoms with van der Waals surface area (Å²) >= 11 is 0. The van der Waals surface area contributed by atoms with Crippen molar-refractivity contribution in [3.05, 3.63) is 29.6 Å². The average Bonchev–Trinajstić information content (AvgIpc) is 2.86. The van der Waals surface area contributed by atoms with E-state index < -0.39 is 18.0 Å². The van der Waals surface area contributed by atoms with E-state index in [0.29, 0.717) is 24.3 Å². The largest absolute Gasteiger partial charge is 0.442 e. The highest BCUT2D eigenvalue weighted by Gasteiger charge is 2.34. The van der Waals surface area contributed by atoms with Crippen LogP contribution in [0.1, 0.15) is 18.4 Å². The van der Waals surface area contributed by atoms with Crippen LogP contribution in [0, 0.1) is 5.82 Å². The highest BCUT2D eigenvalue weighted by Crippen LogP contribution is 2.31. The van der Waals surface area contributed by atoms with Crippen molar-refractivity contribution in [2.45, 2.75) is 18.9 Å². The SMILES string of the molecule is CC(=O)NCC1CN(c2ccc(C3CN(C=O)C3)c(F)c2)C(=O)O1. The summed E-state index contributed by atoms with van der Waals surface area (Å²) < 4.78 is 19.5. The van der Waals surface area contributed by atoms with E-state index in [0.717, 1.165) is 6.41 Å². The quantitative estimate of drug-likeness (QED) is 0.809. The Balaban J connectivity index is 1.67. The smallest absolute Gasteiger partial charge is 0.414 e. The van der Waals surface area contributed by atoms with Gasteiger partial charge in [-0.05, 0) is 17.7 Å². The number of hydrogen-bond acceptors (Lipinski definition) is 4. The molecule has 1 N–H and O–H groups in total. The molecule has 0 spiro atoms. The first kappa shape index (κ1) is 16.2. The third-order valence-corrected chi connectivity index (χ3v) is 4.25. The minimum atomic E-state index is -0.562. The molecule has 128 valence electrons. The second kappa shape index (κ2) is 6.46.